The quantitative estimate of drug-likeness (QED) is 0.645. The smallest absolute Gasteiger partial charge is 0.408 e. The molecule has 7 nitrogen and oxygen atoms in total. The summed E-state index contributed by atoms with van der Waals surface area (Å²) >= 11 is 0. The molecule has 1 aromatic carbocycles. The van der Waals surface area contributed by atoms with E-state index in [2.05, 4.69) is 10.3 Å². The number of alkyl carbamates (subject to hydrolysis) is 1. The monoisotopic (exact) mass is 319 g/mol. The molecule has 0 spiro atoms. The number of aromatic amines is 1. The normalized spacial score (nSPS) is 12.8. The van der Waals surface area contributed by atoms with Gasteiger partial charge in [0.25, 0.3) is 0 Å². The molecule has 1 aromatic heterocycles. The van der Waals surface area contributed by atoms with Gasteiger partial charge < -0.3 is 25.9 Å². The van der Waals surface area contributed by atoms with Gasteiger partial charge >= 0.3 is 12.1 Å². The standard InChI is InChI=1S/C16H21N3O4/c1-16(2,3)23-15(22)19-13(14(20)21)6-9-8-18-12-7-10(17)4-5-11(9)12/h4-5,7-8,13,18H,6,17H2,1-3H3,(H,19,22)(H,20,21). The first-order valence-corrected chi connectivity index (χ1v) is 7.23. The molecule has 7 heteroatoms. The Morgan fingerprint density at radius 1 is 1.39 bits per heavy atom. The Labute approximate surface area is 133 Å². The number of anilines is 1. The topological polar surface area (TPSA) is 117 Å². The Bertz CT molecular complexity index is 730. The predicted octanol–water partition coefficient (Wildman–Crippen LogP) is 2.27. The third kappa shape index (κ3) is 4.38. The van der Waals surface area contributed by atoms with Crippen LogP contribution in [-0.2, 0) is 16.0 Å². The third-order valence-electron chi connectivity index (χ3n) is 3.20. The Balaban J connectivity index is 2.15. The first kappa shape index (κ1) is 16.7. The van der Waals surface area contributed by atoms with Gasteiger partial charge in [-0.1, -0.05) is 6.07 Å². The van der Waals surface area contributed by atoms with Crippen molar-refractivity contribution < 1.29 is 19.4 Å². The molecule has 0 fully saturated rings. The van der Waals surface area contributed by atoms with Crippen LogP contribution in [-0.4, -0.2) is 33.8 Å². The number of H-pyrrole nitrogens is 1. The summed E-state index contributed by atoms with van der Waals surface area (Å²) in [4.78, 5) is 26.3. The van der Waals surface area contributed by atoms with E-state index in [4.69, 9.17) is 10.5 Å². The highest BCUT2D eigenvalue weighted by Crippen LogP contribution is 2.22. The van der Waals surface area contributed by atoms with Gasteiger partial charge in [-0.2, -0.15) is 0 Å². The number of hydrogen-bond donors (Lipinski definition) is 4. The van der Waals surface area contributed by atoms with Crippen LogP contribution >= 0.6 is 0 Å². The molecule has 23 heavy (non-hydrogen) atoms. The Kier molecular flexibility index (Phi) is 4.49. The molecule has 0 aliphatic rings. The van der Waals surface area contributed by atoms with Gasteiger partial charge in [-0.05, 0) is 38.5 Å². The molecule has 0 aliphatic carbocycles. The summed E-state index contributed by atoms with van der Waals surface area (Å²) in [5, 5.41) is 12.6. The average Bonchev–Trinajstić information content (AvgIpc) is 2.78. The van der Waals surface area contributed by atoms with E-state index in [0.717, 1.165) is 16.5 Å². The molecule has 0 aliphatic heterocycles. The molecule has 1 amide bonds. The minimum absolute atomic E-state index is 0.137. The maximum absolute atomic E-state index is 11.8. The third-order valence-corrected chi connectivity index (χ3v) is 3.20. The van der Waals surface area contributed by atoms with Crippen LogP contribution < -0.4 is 11.1 Å². The zero-order chi connectivity index (χ0) is 17.2. The van der Waals surface area contributed by atoms with E-state index in [1.807, 2.05) is 6.07 Å². The van der Waals surface area contributed by atoms with Crippen LogP contribution in [0, 0.1) is 0 Å². The highest BCUT2D eigenvalue weighted by atomic mass is 16.6. The number of carboxylic acid groups (broad SMARTS) is 1. The number of nitrogens with two attached hydrogens (primary N) is 1. The van der Waals surface area contributed by atoms with Crippen LogP contribution in [0.25, 0.3) is 10.9 Å². The number of aromatic nitrogens is 1. The average molecular weight is 319 g/mol. The van der Waals surface area contributed by atoms with Gasteiger partial charge in [0, 0.05) is 29.2 Å². The highest BCUT2D eigenvalue weighted by molar-refractivity contribution is 5.87. The maximum atomic E-state index is 11.8. The minimum Gasteiger partial charge on any atom is -0.480 e. The number of ether oxygens (including phenoxy) is 1. The lowest BCUT2D eigenvalue weighted by atomic mass is 10.0. The van der Waals surface area contributed by atoms with Crippen molar-refractivity contribution in [2.45, 2.75) is 38.8 Å². The second kappa shape index (κ2) is 6.20. The molecule has 2 rings (SSSR count). The Morgan fingerprint density at radius 3 is 2.70 bits per heavy atom. The highest BCUT2D eigenvalue weighted by Gasteiger charge is 2.25. The maximum Gasteiger partial charge on any atom is 0.408 e. The van der Waals surface area contributed by atoms with E-state index in [-0.39, 0.29) is 6.42 Å². The van der Waals surface area contributed by atoms with E-state index >= 15 is 0 Å². The fraction of sp³-hybridized carbons (Fsp3) is 0.375. The van der Waals surface area contributed by atoms with Gasteiger partial charge in [0.15, 0.2) is 0 Å². The number of hydrogen-bond acceptors (Lipinski definition) is 4. The van der Waals surface area contributed by atoms with Crippen LogP contribution in [0.4, 0.5) is 10.5 Å². The van der Waals surface area contributed by atoms with Gasteiger partial charge in [0.05, 0.1) is 0 Å². The number of aliphatic carboxylic acids is 1. The number of fused-ring (bicyclic) bond motifs is 1. The van der Waals surface area contributed by atoms with Crippen molar-refractivity contribution in [2.75, 3.05) is 5.73 Å². The van der Waals surface area contributed by atoms with E-state index in [1.165, 1.54) is 0 Å². The van der Waals surface area contributed by atoms with Crippen molar-refractivity contribution >= 4 is 28.7 Å². The zero-order valence-corrected chi connectivity index (χ0v) is 13.3. The van der Waals surface area contributed by atoms with Crippen LogP contribution in [0.1, 0.15) is 26.3 Å². The summed E-state index contributed by atoms with van der Waals surface area (Å²) < 4.78 is 5.10. The van der Waals surface area contributed by atoms with E-state index in [9.17, 15) is 14.7 Å². The van der Waals surface area contributed by atoms with Crippen molar-refractivity contribution in [3.8, 4) is 0 Å². The van der Waals surface area contributed by atoms with Crippen molar-refractivity contribution in [2.24, 2.45) is 0 Å². The summed E-state index contributed by atoms with van der Waals surface area (Å²) in [5.41, 5.74) is 7.25. The Morgan fingerprint density at radius 2 is 2.09 bits per heavy atom. The largest absolute Gasteiger partial charge is 0.480 e. The SMILES string of the molecule is CC(C)(C)OC(=O)NC(Cc1c[nH]c2cc(N)ccc12)C(=O)O. The van der Waals surface area contributed by atoms with Crippen molar-refractivity contribution in [3.05, 3.63) is 30.0 Å². The number of carbonyl (C=O) groups excluding carboxylic acids is 1. The molecule has 0 saturated carbocycles. The van der Waals surface area contributed by atoms with E-state index < -0.39 is 23.7 Å². The summed E-state index contributed by atoms with van der Waals surface area (Å²) in [6, 6.07) is 4.26. The van der Waals surface area contributed by atoms with Crippen molar-refractivity contribution in [3.63, 3.8) is 0 Å². The molecule has 1 heterocycles. The molecule has 0 radical (unpaired) electrons. The fourth-order valence-corrected chi connectivity index (χ4v) is 2.24. The number of carboxylic acids is 1. The Hall–Kier alpha value is -2.70. The predicted molar refractivity (Wildman–Crippen MR) is 87.2 cm³/mol. The molecular formula is C16H21N3O4. The van der Waals surface area contributed by atoms with E-state index in [0.29, 0.717) is 5.69 Å². The van der Waals surface area contributed by atoms with Gasteiger partial charge in [0.2, 0.25) is 0 Å². The summed E-state index contributed by atoms with van der Waals surface area (Å²) in [7, 11) is 0. The van der Waals surface area contributed by atoms with Gasteiger partial charge in [-0.25, -0.2) is 9.59 Å². The number of amides is 1. The summed E-state index contributed by atoms with van der Waals surface area (Å²) in [6.07, 6.45) is 1.10. The van der Waals surface area contributed by atoms with Gasteiger partial charge in [0.1, 0.15) is 11.6 Å². The fourth-order valence-electron chi connectivity index (χ4n) is 2.24. The van der Waals surface area contributed by atoms with Crippen molar-refractivity contribution in [1.29, 1.82) is 0 Å². The molecule has 0 saturated heterocycles. The lowest BCUT2D eigenvalue weighted by Gasteiger charge is -2.22. The number of carbonyl (C=O) groups is 2. The number of rotatable bonds is 4. The lowest BCUT2D eigenvalue weighted by molar-refractivity contribution is -0.139. The first-order valence-electron chi connectivity index (χ1n) is 7.23. The molecule has 1 unspecified atom stereocenters. The zero-order valence-electron chi connectivity index (χ0n) is 13.3. The van der Waals surface area contributed by atoms with Crippen molar-refractivity contribution in [1.82, 2.24) is 10.3 Å². The second-order valence-electron chi connectivity index (χ2n) is 6.36. The molecular weight excluding hydrogens is 298 g/mol. The van der Waals surface area contributed by atoms with Gasteiger partial charge in [-0.3, -0.25) is 0 Å². The first-order chi connectivity index (χ1) is 10.7. The molecule has 1 atom stereocenters. The summed E-state index contributed by atoms with van der Waals surface area (Å²) in [5.74, 6) is -1.12. The molecule has 5 N–H and O–H groups in total. The van der Waals surface area contributed by atoms with Crippen LogP contribution in [0.2, 0.25) is 0 Å². The molecule has 0 bridgehead atoms. The second-order valence-corrected chi connectivity index (χ2v) is 6.36. The number of nitrogen functional groups attached to an aromatic ring is 1. The summed E-state index contributed by atoms with van der Waals surface area (Å²) in [6.45, 7) is 5.14. The minimum atomic E-state index is -1.12. The van der Waals surface area contributed by atoms with Crippen LogP contribution in [0.5, 0.6) is 0 Å². The molecule has 2 aromatic rings. The number of benzene rings is 1. The van der Waals surface area contributed by atoms with Crippen LogP contribution in [0.15, 0.2) is 24.4 Å². The van der Waals surface area contributed by atoms with Crippen LogP contribution in [0.3, 0.4) is 0 Å². The molecule has 124 valence electrons. The van der Waals surface area contributed by atoms with Gasteiger partial charge in [-0.15, -0.1) is 0 Å². The number of nitrogens with one attached hydrogen (secondary N) is 2. The lowest BCUT2D eigenvalue weighted by Crippen LogP contribution is -2.44. The van der Waals surface area contributed by atoms with E-state index in [1.54, 1.807) is 39.1 Å².